The Morgan fingerprint density at radius 3 is 2.48 bits per heavy atom. The quantitative estimate of drug-likeness (QED) is 0.354. The number of hydrogen-bond donors (Lipinski definition) is 2. The molecule has 0 aliphatic carbocycles. The zero-order valence-electron chi connectivity index (χ0n) is 15.5. The van der Waals surface area contributed by atoms with E-state index in [4.69, 9.17) is 4.52 Å². The summed E-state index contributed by atoms with van der Waals surface area (Å²) in [6, 6.07) is 1.97. The van der Waals surface area contributed by atoms with Gasteiger partial charge in [-0.2, -0.15) is 0 Å². The van der Waals surface area contributed by atoms with E-state index in [1.54, 1.807) is 11.3 Å². The molecule has 140 valence electrons. The molecule has 0 aliphatic rings. The van der Waals surface area contributed by atoms with Crippen LogP contribution in [0, 0.1) is 0 Å². The summed E-state index contributed by atoms with van der Waals surface area (Å²) in [6.45, 7) is 12.5. The topological polar surface area (TPSA) is 75.3 Å². The van der Waals surface area contributed by atoms with Crippen molar-refractivity contribution < 1.29 is 4.52 Å². The second-order valence-electron chi connectivity index (χ2n) is 6.24. The SMILES string of the molecule is CCNC(=NCc1cc(C(C)C)no1)NCc1nc(C(C)C)cs1.I. The van der Waals surface area contributed by atoms with Gasteiger partial charge in [0.05, 0.1) is 17.9 Å². The molecule has 0 unspecified atom stereocenters. The third-order valence-electron chi connectivity index (χ3n) is 3.47. The van der Waals surface area contributed by atoms with E-state index in [2.05, 4.69) is 58.8 Å². The van der Waals surface area contributed by atoms with Crippen molar-refractivity contribution in [3.8, 4) is 0 Å². The van der Waals surface area contributed by atoms with Crippen LogP contribution in [-0.2, 0) is 13.1 Å². The Kier molecular flexibility index (Phi) is 9.41. The standard InChI is InChI=1S/C17H27N5OS.HI/c1-6-18-17(19-8-13-7-14(11(2)3)22-23-13)20-9-16-21-15(10-24-16)12(4)5;/h7,10-12H,6,8-9H2,1-5H3,(H2,18,19,20);1H. The second kappa shape index (κ2) is 10.7. The van der Waals surface area contributed by atoms with Crippen molar-refractivity contribution in [1.29, 1.82) is 0 Å². The van der Waals surface area contributed by atoms with Crippen LogP contribution in [0.25, 0.3) is 0 Å². The molecule has 8 heteroatoms. The first-order valence-corrected chi connectivity index (χ1v) is 9.29. The number of halogens is 1. The zero-order chi connectivity index (χ0) is 17.5. The molecule has 2 rings (SSSR count). The van der Waals surface area contributed by atoms with Crippen LogP contribution in [0.4, 0.5) is 0 Å². The van der Waals surface area contributed by atoms with Crippen LogP contribution >= 0.6 is 35.3 Å². The van der Waals surface area contributed by atoms with E-state index in [1.165, 1.54) is 0 Å². The first kappa shape index (κ1) is 21.9. The molecule has 0 atom stereocenters. The molecule has 0 fully saturated rings. The minimum atomic E-state index is 0. The summed E-state index contributed by atoms with van der Waals surface area (Å²) < 4.78 is 5.32. The van der Waals surface area contributed by atoms with Gasteiger partial charge in [0, 0.05) is 18.0 Å². The highest BCUT2D eigenvalue weighted by Crippen LogP contribution is 2.17. The molecule has 2 aromatic heterocycles. The lowest BCUT2D eigenvalue weighted by atomic mass is 10.1. The molecular formula is C17H28IN5OS. The van der Waals surface area contributed by atoms with E-state index in [1.807, 2.05) is 13.0 Å². The van der Waals surface area contributed by atoms with E-state index in [9.17, 15) is 0 Å². The molecule has 25 heavy (non-hydrogen) atoms. The molecular weight excluding hydrogens is 449 g/mol. The van der Waals surface area contributed by atoms with Crippen molar-refractivity contribution in [3.63, 3.8) is 0 Å². The molecule has 0 radical (unpaired) electrons. The van der Waals surface area contributed by atoms with Crippen molar-refractivity contribution in [2.24, 2.45) is 4.99 Å². The maximum Gasteiger partial charge on any atom is 0.192 e. The maximum atomic E-state index is 5.32. The Labute approximate surface area is 170 Å². The van der Waals surface area contributed by atoms with Gasteiger partial charge >= 0.3 is 0 Å². The molecule has 0 saturated heterocycles. The number of rotatable bonds is 7. The molecule has 0 aromatic carbocycles. The highest BCUT2D eigenvalue weighted by molar-refractivity contribution is 14.0. The summed E-state index contributed by atoms with van der Waals surface area (Å²) in [6.07, 6.45) is 0. The van der Waals surface area contributed by atoms with Gasteiger partial charge in [-0.3, -0.25) is 0 Å². The van der Waals surface area contributed by atoms with Crippen molar-refractivity contribution in [2.45, 2.75) is 59.5 Å². The van der Waals surface area contributed by atoms with Gasteiger partial charge in [0.25, 0.3) is 0 Å². The average Bonchev–Trinajstić information content (AvgIpc) is 3.19. The third kappa shape index (κ3) is 6.93. The summed E-state index contributed by atoms with van der Waals surface area (Å²) >= 11 is 1.67. The largest absolute Gasteiger partial charge is 0.359 e. The highest BCUT2D eigenvalue weighted by atomic mass is 127. The fourth-order valence-electron chi connectivity index (χ4n) is 2.01. The van der Waals surface area contributed by atoms with Gasteiger partial charge in [-0.15, -0.1) is 35.3 Å². The molecule has 0 saturated carbocycles. The molecule has 2 heterocycles. The van der Waals surface area contributed by atoms with Crippen molar-refractivity contribution >= 4 is 41.3 Å². The predicted molar refractivity (Wildman–Crippen MR) is 114 cm³/mol. The number of thiazole rings is 1. The van der Waals surface area contributed by atoms with Crippen LogP contribution < -0.4 is 10.6 Å². The van der Waals surface area contributed by atoms with Gasteiger partial charge in [-0.25, -0.2) is 9.98 Å². The average molecular weight is 477 g/mol. The first-order valence-electron chi connectivity index (χ1n) is 8.41. The normalized spacial score (nSPS) is 11.7. The Hall–Kier alpha value is -1.16. The predicted octanol–water partition coefficient (Wildman–Crippen LogP) is 4.25. The molecule has 0 aliphatic heterocycles. The lowest BCUT2D eigenvalue weighted by Crippen LogP contribution is -2.36. The van der Waals surface area contributed by atoms with Crippen LogP contribution in [0.3, 0.4) is 0 Å². The van der Waals surface area contributed by atoms with E-state index in [0.29, 0.717) is 24.9 Å². The number of nitrogens with one attached hydrogen (secondary N) is 2. The van der Waals surface area contributed by atoms with Gasteiger partial charge < -0.3 is 15.2 Å². The van der Waals surface area contributed by atoms with Gasteiger partial charge in [0.1, 0.15) is 11.6 Å². The van der Waals surface area contributed by atoms with Gasteiger partial charge in [-0.05, 0) is 18.8 Å². The van der Waals surface area contributed by atoms with Crippen LogP contribution in [0.5, 0.6) is 0 Å². The zero-order valence-corrected chi connectivity index (χ0v) is 18.6. The minimum Gasteiger partial charge on any atom is -0.359 e. The van der Waals surface area contributed by atoms with E-state index in [0.717, 1.165) is 34.7 Å². The number of guanidine groups is 1. The minimum absolute atomic E-state index is 0. The fraction of sp³-hybridized carbons (Fsp3) is 0.588. The number of nitrogens with zero attached hydrogens (tertiary/aromatic N) is 3. The van der Waals surface area contributed by atoms with E-state index < -0.39 is 0 Å². The number of hydrogen-bond acceptors (Lipinski definition) is 5. The number of aliphatic imine (C=N–C) groups is 1. The Morgan fingerprint density at radius 1 is 1.20 bits per heavy atom. The summed E-state index contributed by atoms with van der Waals surface area (Å²) in [5.41, 5.74) is 2.10. The third-order valence-corrected chi connectivity index (χ3v) is 4.34. The van der Waals surface area contributed by atoms with Crippen molar-refractivity contribution in [1.82, 2.24) is 20.8 Å². The van der Waals surface area contributed by atoms with E-state index >= 15 is 0 Å². The van der Waals surface area contributed by atoms with Crippen LogP contribution in [-0.4, -0.2) is 22.6 Å². The van der Waals surface area contributed by atoms with Crippen molar-refractivity contribution in [3.05, 3.63) is 33.6 Å². The summed E-state index contributed by atoms with van der Waals surface area (Å²) in [5.74, 6) is 2.34. The number of aromatic nitrogens is 2. The molecule has 6 nitrogen and oxygen atoms in total. The Bertz CT molecular complexity index is 666. The van der Waals surface area contributed by atoms with Gasteiger partial charge in [0.15, 0.2) is 11.7 Å². The monoisotopic (exact) mass is 477 g/mol. The van der Waals surface area contributed by atoms with Crippen LogP contribution in [0.1, 0.15) is 68.6 Å². The van der Waals surface area contributed by atoms with Crippen molar-refractivity contribution in [2.75, 3.05) is 6.54 Å². The fourth-order valence-corrected chi connectivity index (χ4v) is 2.90. The highest BCUT2D eigenvalue weighted by Gasteiger charge is 2.09. The molecule has 2 N–H and O–H groups in total. The summed E-state index contributed by atoms with van der Waals surface area (Å²) in [5, 5.41) is 13.8. The van der Waals surface area contributed by atoms with Crippen LogP contribution in [0.15, 0.2) is 21.0 Å². The van der Waals surface area contributed by atoms with Crippen LogP contribution in [0.2, 0.25) is 0 Å². The smallest absolute Gasteiger partial charge is 0.192 e. The lowest BCUT2D eigenvalue weighted by molar-refractivity contribution is 0.376. The lowest BCUT2D eigenvalue weighted by Gasteiger charge is -2.09. The molecule has 0 amide bonds. The van der Waals surface area contributed by atoms with Gasteiger partial charge in [0.2, 0.25) is 0 Å². The molecule has 0 bridgehead atoms. The summed E-state index contributed by atoms with van der Waals surface area (Å²) in [7, 11) is 0. The Balaban J connectivity index is 0.00000312. The van der Waals surface area contributed by atoms with Gasteiger partial charge in [-0.1, -0.05) is 32.9 Å². The first-order chi connectivity index (χ1) is 11.5. The van der Waals surface area contributed by atoms with E-state index in [-0.39, 0.29) is 24.0 Å². The summed E-state index contributed by atoms with van der Waals surface area (Å²) in [4.78, 5) is 9.18. The second-order valence-corrected chi connectivity index (χ2v) is 7.18. The molecule has 2 aromatic rings. The molecule has 0 spiro atoms. The maximum absolute atomic E-state index is 5.32. The Morgan fingerprint density at radius 2 is 1.92 bits per heavy atom.